The van der Waals surface area contributed by atoms with Crippen molar-refractivity contribution in [2.45, 2.75) is 25.0 Å². The standard InChI is InChI=1S/C14H18N2O3S/c1-3-11-5-4-6-12(9-11)16-10-13-7-8-14(19-13)20(17,18)15-2/h4-9,15-16H,3,10H2,1-2H3. The van der Waals surface area contributed by atoms with E-state index in [1.54, 1.807) is 6.07 Å². The molecule has 1 aromatic carbocycles. The van der Waals surface area contributed by atoms with Crippen LogP contribution in [0.15, 0.2) is 45.9 Å². The molecule has 0 fully saturated rings. The summed E-state index contributed by atoms with van der Waals surface area (Å²) in [6, 6.07) is 11.2. The highest BCUT2D eigenvalue weighted by Gasteiger charge is 2.16. The monoisotopic (exact) mass is 294 g/mol. The van der Waals surface area contributed by atoms with Crippen molar-refractivity contribution >= 4 is 15.7 Å². The molecular weight excluding hydrogens is 276 g/mol. The SMILES string of the molecule is CCc1cccc(NCc2ccc(S(=O)(=O)NC)o2)c1. The molecule has 1 aromatic heterocycles. The van der Waals surface area contributed by atoms with E-state index in [2.05, 4.69) is 29.1 Å². The fraction of sp³-hybridized carbons (Fsp3) is 0.286. The van der Waals surface area contributed by atoms with Gasteiger partial charge in [-0.1, -0.05) is 19.1 Å². The number of anilines is 1. The molecule has 0 bridgehead atoms. The summed E-state index contributed by atoms with van der Waals surface area (Å²) in [7, 11) is -2.16. The zero-order valence-electron chi connectivity index (χ0n) is 11.5. The fourth-order valence-corrected chi connectivity index (χ4v) is 2.45. The van der Waals surface area contributed by atoms with Crippen LogP contribution in [0.25, 0.3) is 0 Å². The van der Waals surface area contributed by atoms with Gasteiger partial charge in [-0.05, 0) is 43.3 Å². The van der Waals surface area contributed by atoms with Crippen LogP contribution < -0.4 is 10.0 Å². The summed E-state index contributed by atoms with van der Waals surface area (Å²) in [5, 5.41) is 3.14. The maximum Gasteiger partial charge on any atom is 0.273 e. The lowest BCUT2D eigenvalue weighted by Gasteiger charge is -2.06. The number of hydrogen-bond acceptors (Lipinski definition) is 4. The van der Waals surface area contributed by atoms with Crippen molar-refractivity contribution in [2.24, 2.45) is 0 Å². The Morgan fingerprint density at radius 3 is 2.70 bits per heavy atom. The number of nitrogens with one attached hydrogen (secondary N) is 2. The smallest absolute Gasteiger partial charge is 0.273 e. The van der Waals surface area contributed by atoms with Gasteiger partial charge in [0.25, 0.3) is 10.0 Å². The van der Waals surface area contributed by atoms with Crippen molar-refractivity contribution in [3.63, 3.8) is 0 Å². The van der Waals surface area contributed by atoms with Gasteiger partial charge in [0, 0.05) is 5.69 Å². The summed E-state index contributed by atoms with van der Waals surface area (Å²) in [5.41, 5.74) is 2.23. The predicted molar refractivity (Wildman–Crippen MR) is 78.1 cm³/mol. The van der Waals surface area contributed by atoms with Crippen LogP contribution in [-0.2, 0) is 23.0 Å². The summed E-state index contributed by atoms with van der Waals surface area (Å²) < 4.78 is 30.6. The lowest BCUT2D eigenvalue weighted by molar-refractivity contribution is 0.417. The molecule has 6 heteroatoms. The largest absolute Gasteiger partial charge is 0.446 e. The molecule has 2 N–H and O–H groups in total. The Morgan fingerprint density at radius 2 is 2.00 bits per heavy atom. The minimum atomic E-state index is -3.52. The third-order valence-corrected chi connectivity index (χ3v) is 4.26. The first-order valence-corrected chi connectivity index (χ1v) is 7.88. The molecule has 1 heterocycles. The van der Waals surface area contributed by atoms with Crippen LogP contribution in [-0.4, -0.2) is 15.5 Å². The molecule has 20 heavy (non-hydrogen) atoms. The van der Waals surface area contributed by atoms with Crippen LogP contribution in [0, 0.1) is 0 Å². The molecule has 0 atom stereocenters. The van der Waals surface area contributed by atoms with Crippen LogP contribution in [0.1, 0.15) is 18.2 Å². The minimum absolute atomic E-state index is 0.0703. The predicted octanol–water partition coefficient (Wildman–Crippen LogP) is 2.36. The van der Waals surface area contributed by atoms with Crippen molar-refractivity contribution in [3.8, 4) is 0 Å². The molecular formula is C14H18N2O3S. The van der Waals surface area contributed by atoms with E-state index in [1.807, 2.05) is 12.1 Å². The Hall–Kier alpha value is -1.79. The van der Waals surface area contributed by atoms with E-state index in [0.29, 0.717) is 12.3 Å². The Morgan fingerprint density at radius 1 is 1.20 bits per heavy atom. The van der Waals surface area contributed by atoms with Gasteiger partial charge in [-0.3, -0.25) is 0 Å². The molecule has 0 amide bonds. The molecule has 2 rings (SSSR count). The van der Waals surface area contributed by atoms with E-state index in [-0.39, 0.29) is 5.09 Å². The maximum atomic E-state index is 11.5. The molecule has 0 saturated carbocycles. The molecule has 0 aliphatic heterocycles. The topological polar surface area (TPSA) is 71.3 Å². The second kappa shape index (κ2) is 6.11. The molecule has 0 spiro atoms. The van der Waals surface area contributed by atoms with E-state index in [9.17, 15) is 8.42 Å². The Bertz CT molecular complexity index is 677. The maximum absolute atomic E-state index is 11.5. The molecule has 2 aromatic rings. The van der Waals surface area contributed by atoms with Gasteiger partial charge in [0.15, 0.2) is 0 Å². The van der Waals surface area contributed by atoms with Gasteiger partial charge in [-0.2, -0.15) is 0 Å². The van der Waals surface area contributed by atoms with Crippen molar-refractivity contribution in [1.82, 2.24) is 4.72 Å². The summed E-state index contributed by atoms with van der Waals surface area (Å²) in [6.45, 7) is 2.53. The second-order valence-electron chi connectivity index (χ2n) is 4.34. The average molecular weight is 294 g/mol. The van der Waals surface area contributed by atoms with Crippen molar-refractivity contribution in [3.05, 3.63) is 47.7 Å². The van der Waals surface area contributed by atoms with E-state index in [4.69, 9.17) is 4.42 Å². The first-order chi connectivity index (χ1) is 9.55. The zero-order valence-corrected chi connectivity index (χ0v) is 12.3. The highest BCUT2D eigenvalue weighted by Crippen LogP contribution is 2.16. The summed E-state index contributed by atoms with van der Waals surface area (Å²) >= 11 is 0. The highest BCUT2D eigenvalue weighted by atomic mass is 32.2. The van der Waals surface area contributed by atoms with Crippen LogP contribution in [0.3, 0.4) is 0 Å². The van der Waals surface area contributed by atoms with Crippen molar-refractivity contribution in [2.75, 3.05) is 12.4 Å². The van der Waals surface area contributed by atoms with Crippen LogP contribution in [0.4, 0.5) is 5.69 Å². The van der Waals surface area contributed by atoms with Gasteiger partial charge in [0.2, 0.25) is 5.09 Å². The van der Waals surface area contributed by atoms with Gasteiger partial charge in [0.05, 0.1) is 6.54 Å². The van der Waals surface area contributed by atoms with E-state index in [1.165, 1.54) is 18.7 Å². The van der Waals surface area contributed by atoms with E-state index >= 15 is 0 Å². The quantitative estimate of drug-likeness (QED) is 0.858. The number of aryl methyl sites for hydroxylation is 1. The van der Waals surface area contributed by atoms with Crippen molar-refractivity contribution < 1.29 is 12.8 Å². The van der Waals surface area contributed by atoms with Gasteiger partial charge < -0.3 is 9.73 Å². The van der Waals surface area contributed by atoms with Gasteiger partial charge in [0.1, 0.15) is 5.76 Å². The molecule has 0 saturated heterocycles. The zero-order chi connectivity index (χ0) is 14.6. The number of benzene rings is 1. The van der Waals surface area contributed by atoms with Crippen molar-refractivity contribution in [1.29, 1.82) is 0 Å². The number of furan rings is 1. The molecule has 108 valence electrons. The molecule has 0 aliphatic carbocycles. The van der Waals surface area contributed by atoms with E-state index < -0.39 is 10.0 Å². The fourth-order valence-electron chi connectivity index (χ4n) is 1.79. The molecule has 0 unspecified atom stereocenters. The van der Waals surface area contributed by atoms with Crippen LogP contribution >= 0.6 is 0 Å². The number of sulfonamides is 1. The van der Waals surface area contributed by atoms with Crippen LogP contribution in [0.2, 0.25) is 0 Å². The first-order valence-electron chi connectivity index (χ1n) is 6.40. The minimum Gasteiger partial charge on any atom is -0.446 e. The summed E-state index contributed by atoms with van der Waals surface area (Å²) in [6.07, 6.45) is 0.973. The lowest BCUT2D eigenvalue weighted by Crippen LogP contribution is -2.17. The summed E-state index contributed by atoms with van der Waals surface area (Å²) in [5.74, 6) is 0.570. The second-order valence-corrected chi connectivity index (χ2v) is 6.15. The van der Waals surface area contributed by atoms with Crippen LogP contribution in [0.5, 0.6) is 0 Å². The first kappa shape index (κ1) is 14.6. The third kappa shape index (κ3) is 3.40. The Kier molecular flexibility index (Phi) is 4.46. The number of hydrogen-bond donors (Lipinski definition) is 2. The highest BCUT2D eigenvalue weighted by molar-refractivity contribution is 7.89. The normalized spacial score (nSPS) is 11.5. The average Bonchev–Trinajstić information content (AvgIpc) is 2.95. The Balaban J connectivity index is 2.04. The number of rotatable bonds is 6. The van der Waals surface area contributed by atoms with Gasteiger partial charge >= 0.3 is 0 Å². The lowest BCUT2D eigenvalue weighted by atomic mass is 10.1. The van der Waals surface area contributed by atoms with Gasteiger partial charge in [-0.25, -0.2) is 13.1 Å². The Labute approximate surface area is 119 Å². The molecule has 0 radical (unpaired) electrons. The summed E-state index contributed by atoms with van der Waals surface area (Å²) in [4.78, 5) is 0. The molecule has 0 aliphatic rings. The third-order valence-electron chi connectivity index (χ3n) is 2.97. The van der Waals surface area contributed by atoms with Gasteiger partial charge in [-0.15, -0.1) is 0 Å². The molecule has 5 nitrogen and oxygen atoms in total. The van der Waals surface area contributed by atoms with E-state index in [0.717, 1.165) is 12.1 Å².